The third kappa shape index (κ3) is 4.31. The Morgan fingerprint density at radius 3 is 2.30 bits per heavy atom. The van der Waals surface area contributed by atoms with Crippen molar-refractivity contribution in [1.82, 2.24) is 5.32 Å². The van der Waals surface area contributed by atoms with Gasteiger partial charge in [0.2, 0.25) is 11.7 Å². The van der Waals surface area contributed by atoms with E-state index in [1.165, 1.54) is 0 Å². The lowest BCUT2D eigenvalue weighted by Gasteiger charge is -2.15. The molecule has 0 aliphatic rings. The maximum atomic E-state index is 11.4. The van der Waals surface area contributed by atoms with E-state index in [2.05, 4.69) is 5.32 Å². The summed E-state index contributed by atoms with van der Waals surface area (Å²) in [5, 5.41) is 2.71. The number of nitrogens with one attached hydrogen (secondary N) is 1. The third-order valence-corrected chi connectivity index (χ3v) is 2.71. The minimum atomic E-state index is -0.0518. The van der Waals surface area contributed by atoms with Crippen LogP contribution in [0, 0.1) is 0 Å². The average Bonchev–Trinajstić information content (AvgIpc) is 2.47. The van der Waals surface area contributed by atoms with Crippen molar-refractivity contribution < 1.29 is 19.0 Å². The van der Waals surface area contributed by atoms with Crippen molar-refractivity contribution in [2.24, 2.45) is 5.73 Å². The molecule has 0 fully saturated rings. The lowest BCUT2D eigenvalue weighted by molar-refractivity contribution is -0.121. The Bertz CT molecular complexity index is 424. The first-order valence-electron chi connectivity index (χ1n) is 6.50. The normalized spacial score (nSPS) is 10.0. The molecule has 0 saturated heterocycles. The number of nitrogens with two attached hydrogens (primary N) is 1. The average molecular weight is 282 g/mol. The maximum Gasteiger partial charge on any atom is 0.223 e. The van der Waals surface area contributed by atoms with Crippen LogP contribution < -0.4 is 25.3 Å². The van der Waals surface area contributed by atoms with Crippen molar-refractivity contribution in [2.75, 3.05) is 27.4 Å². The molecule has 0 aromatic heterocycles. The number of hydrogen-bond donors (Lipinski definition) is 2. The van der Waals surface area contributed by atoms with Gasteiger partial charge < -0.3 is 25.3 Å². The summed E-state index contributed by atoms with van der Waals surface area (Å²) in [6.07, 6.45) is 0.277. The molecule has 0 spiro atoms. The summed E-state index contributed by atoms with van der Waals surface area (Å²) in [5.41, 5.74) is 6.50. The molecular weight excluding hydrogens is 260 g/mol. The smallest absolute Gasteiger partial charge is 0.223 e. The van der Waals surface area contributed by atoms with Crippen molar-refractivity contribution in [1.29, 1.82) is 0 Å². The second-order valence-corrected chi connectivity index (χ2v) is 4.09. The molecule has 0 radical (unpaired) electrons. The Balaban J connectivity index is 2.79. The molecule has 1 aromatic carbocycles. The van der Waals surface area contributed by atoms with Gasteiger partial charge in [-0.2, -0.15) is 0 Å². The largest absolute Gasteiger partial charge is 0.493 e. The van der Waals surface area contributed by atoms with Crippen LogP contribution >= 0.6 is 0 Å². The number of ether oxygens (including phenoxy) is 3. The number of methoxy groups -OCH3 is 2. The standard InChI is InChI=1S/C14H22N2O4/c1-4-16-13(17)5-6-20-14-11(18-2)7-10(9-15)8-12(14)19-3/h7-8H,4-6,9,15H2,1-3H3,(H,16,17). The summed E-state index contributed by atoms with van der Waals surface area (Å²) in [6, 6.07) is 3.59. The number of rotatable bonds is 8. The zero-order chi connectivity index (χ0) is 15.0. The zero-order valence-electron chi connectivity index (χ0n) is 12.2. The zero-order valence-corrected chi connectivity index (χ0v) is 12.2. The van der Waals surface area contributed by atoms with E-state index in [1.807, 2.05) is 6.92 Å². The van der Waals surface area contributed by atoms with E-state index in [9.17, 15) is 4.79 Å². The van der Waals surface area contributed by atoms with Gasteiger partial charge in [0.05, 0.1) is 27.2 Å². The summed E-state index contributed by atoms with van der Waals surface area (Å²) in [6.45, 7) is 3.11. The number of amides is 1. The quantitative estimate of drug-likeness (QED) is 0.745. The Labute approximate surface area is 119 Å². The van der Waals surface area contributed by atoms with Crippen LogP contribution in [0.25, 0.3) is 0 Å². The van der Waals surface area contributed by atoms with Crippen LogP contribution in [0.1, 0.15) is 18.9 Å². The van der Waals surface area contributed by atoms with E-state index in [4.69, 9.17) is 19.9 Å². The molecule has 20 heavy (non-hydrogen) atoms. The molecule has 1 aromatic rings. The van der Waals surface area contributed by atoms with E-state index in [0.717, 1.165) is 5.56 Å². The van der Waals surface area contributed by atoms with Crippen molar-refractivity contribution >= 4 is 5.91 Å². The van der Waals surface area contributed by atoms with E-state index in [0.29, 0.717) is 30.3 Å². The summed E-state index contributed by atoms with van der Waals surface area (Å²) in [4.78, 5) is 11.4. The second kappa shape index (κ2) is 8.27. The van der Waals surface area contributed by atoms with Gasteiger partial charge in [0.15, 0.2) is 11.5 Å². The fourth-order valence-corrected chi connectivity index (χ4v) is 1.73. The van der Waals surface area contributed by atoms with E-state index < -0.39 is 0 Å². The summed E-state index contributed by atoms with van der Waals surface area (Å²) in [5.74, 6) is 1.52. The molecular formula is C14H22N2O4. The van der Waals surface area contributed by atoms with Crippen LogP contribution in [-0.4, -0.2) is 33.3 Å². The van der Waals surface area contributed by atoms with Crippen molar-refractivity contribution in [3.05, 3.63) is 17.7 Å². The van der Waals surface area contributed by atoms with Gasteiger partial charge in [-0.1, -0.05) is 0 Å². The first-order valence-corrected chi connectivity index (χ1v) is 6.50. The number of benzene rings is 1. The number of carbonyl (C=O) groups excluding carboxylic acids is 1. The van der Waals surface area contributed by atoms with E-state index in [-0.39, 0.29) is 18.9 Å². The topological polar surface area (TPSA) is 82.8 Å². The first kappa shape index (κ1) is 16.1. The molecule has 0 heterocycles. The van der Waals surface area contributed by atoms with Crippen molar-refractivity contribution in [2.45, 2.75) is 19.9 Å². The summed E-state index contributed by atoms with van der Waals surface area (Å²) < 4.78 is 16.2. The Morgan fingerprint density at radius 2 is 1.85 bits per heavy atom. The van der Waals surface area contributed by atoms with Crippen LogP contribution in [0.15, 0.2) is 12.1 Å². The van der Waals surface area contributed by atoms with E-state index >= 15 is 0 Å². The SMILES string of the molecule is CCNC(=O)CCOc1c(OC)cc(CN)cc1OC. The molecule has 1 rings (SSSR count). The molecule has 0 bridgehead atoms. The van der Waals surface area contributed by atoms with Gasteiger partial charge >= 0.3 is 0 Å². The second-order valence-electron chi connectivity index (χ2n) is 4.09. The van der Waals surface area contributed by atoms with Crippen LogP contribution in [0.4, 0.5) is 0 Å². The predicted molar refractivity (Wildman–Crippen MR) is 76.2 cm³/mol. The molecule has 0 unspecified atom stereocenters. The van der Waals surface area contributed by atoms with Crippen LogP contribution in [0.2, 0.25) is 0 Å². The molecule has 0 aliphatic carbocycles. The highest BCUT2D eigenvalue weighted by Crippen LogP contribution is 2.38. The van der Waals surface area contributed by atoms with Crippen LogP contribution in [-0.2, 0) is 11.3 Å². The predicted octanol–water partition coefficient (Wildman–Crippen LogP) is 1.07. The molecule has 0 atom stereocenters. The fraction of sp³-hybridized carbons (Fsp3) is 0.500. The third-order valence-electron chi connectivity index (χ3n) is 2.71. The van der Waals surface area contributed by atoms with Gasteiger partial charge in [-0.25, -0.2) is 0 Å². The maximum absolute atomic E-state index is 11.4. The summed E-state index contributed by atoms with van der Waals surface area (Å²) in [7, 11) is 3.09. The minimum absolute atomic E-state index is 0.0518. The Hall–Kier alpha value is -1.95. The number of hydrogen-bond acceptors (Lipinski definition) is 5. The van der Waals surface area contributed by atoms with Gasteiger partial charge in [-0.15, -0.1) is 0 Å². The van der Waals surface area contributed by atoms with Gasteiger partial charge in [0.25, 0.3) is 0 Å². The molecule has 112 valence electrons. The molecule has 6 heteroatoms. The van der Waals surface area contributed by atoms with Crippen molar-refractivity contribution in [3.63, 3.8) is 0 Å². The van der Waals surface area contributed by atoms with Gasteiger partial charge in [-0.05, 0) is 24.6 Å². The number of carbonyl (C=O) groups is 1. The highest BCUT2D eigenvalue weighted by Gasteiger charge is 2.14. The minimum Gasteiger partial charge on any atom is -0.493 e. The fourth-order valence-electron chi connectivity index (χ4n) is 1.73. The van der Waals surface area contributed by atoms with Crippen LogP contribution in [0.5, 0.6) is 17.2 Å². The highest BCUT2D eigenvalue weighted by molar-refractivity contribution is 5.75. The van der Waals surface area contributed by atoms with E-state index in [1.54, 1.807) is 26.4 Å². The monoisotopic (exact) mass is 282 g/mol. The Kier molecular flexibility index (Phi) is 6.66. The molecule has 0 aliphatic heterocycles. The first-order chi connectivity index (χ1) is 9.65. The van der Waals surface area contributed by atoms with Gasteiger partial charge in [-0.3, -0.25) is 4.79 Å². The highest BCUT2D eigenvalue weighted by atomic mass is 16.5. The van der Waals surface area contributed by atoms with Crippen molar-refractivity contribution in [3.8, 4) is 17.2 Å². The Morgan fingerprint density at radius 1 is 1.25 bits per heavy atom. The van der Waals surface area contributed by atoms with Gasteiger partial charge in [0, 0.05) is 13.1 Å². The van der Waals surface area contributed by atoms with Crippen LogP contribution in [0.3, 0.4) is 0 Å². The lowest BCUT2D eigenvalue weighted by Crippen LogP contribution is -2.24. The molecule has 0 saturated carbocycles. The lowest BCUT2D eigenvalue weighted by atomic mass is 10.2. The molecule has 6 nitrogen and oxygen atoms in total. The molecule has 3 N–H and O–H groups in total. The van der Waals surface area contributed by atoms with Gasteiger partial charge in [0.1, 0.15) is 0 Å². The summed E-state index contributed by atoms with van der Waals surface area (Å²) >= 11 is 0. The molecule has 1 amide bonds.